The van der Waals surface area contributed by atoms with Crippen LogP contribution in [0.5, 0.6) is 11.6 Å². The molecule has 0 saturated carbocycles. The number of anilines is 2. The summed E-state index contributed by atoms with van der Waals surface area (Å²) in [4.78, 5) is 39.1. The molecule has 0 bridgehead atoms. The van der Waals surface area contributed by atoms with Gasteiger partial charge in [-0.25, -0.2) is 24.5 Å². The number of carbonyl (C=O) groups excluding carboxylic acids is 1. The van der Waals surface area contributed by atoms with Crippen molar-refractivity contribution in [3.63, 3.8) is 0 Å². The number of piperidine rings is 1. The van der Waals surface area contributed by atoms with Crippen LogP contribution in [0.2, 0.25) is 0 Å². The molecule has 5 rings (SSSR count). The molecule has 3 N–H and O–H groups in total. The van der Waals surface area contributed by atoms with Crippen LogP contribution in [0, 0.1) is 12.8 Å². The van der Waals surface area contributed by atoms with Gasteiger partial charge in [0.1, 0.15) is 11.4 Å². The summed E-state index contributed by atoms with van der Waals surface area (Å²) < 4.78 is 11.9. The first-order chi connectivity index (χ1) is 20.5. The summed E-state index contributed by atoms with van der Waals surface area (Å²) in [6, 6.07) is 14.8. The SMILES string of the molecule is Cc1ccc2c(NC(=O)OC(C)(C)C)cccc2c1Oc1ncccc1-c1ccnc(NC2CC(C)CN(C(=O)O)C2)n1. The Kier molecular flexibility index (Phi) is 8.33. The Labute approximate surface area is 250 Å². The maximum atomic E-state index is 12.5. The third-order valence-electron chi connectivity index (χ3n) is 7.01. The van der Waals surface area contributed by atoms with Crippen molar-refractivity contribution in [1.29, 1.82) is 0 Å². The molecule has 11 nitrogen and oxygen atoms in total. The standard InChI is InChI=1S/C32H36N6O5/c1-19-16-21(18-38(17-19)31(40)41)35-29-34-15-13-26(36-29)24-9-7-14-33-28(24)42-27-20(2)11-12-22-23(27)8-6-10-25(22)37-30(39)43-32(3,4)5/h6-15,19,21H,16-18H2,1-5H3,(H,37,39)(H,40,41)(H,34,35,36). The van der Waals surface area contributed by atoms with Crippen LogP contribution < -0.4 is 15.4 Å². The van der Waals surface area contributed by atoms with Crippen LogP contribution in [0.25, 0.3) is 22.0 Å². The number of fused-ring (bicyclic) bond motifs is 1. The minimum atomic E-state index is -0.929. The lowest BCUT2D eigenvalue weighted by Crippen LogP contribution is -2.47. The fourth-order valence-electron chi connectivity index (χ4n) is 5.23. The number of hydrogen-bond donors (Lipinski definition) is 3. The van der Waals surface area contributed by atoms with Gasteiger partial charge in [-0.15, -0.1) is 0 Å². The highest BCUT2D eigenvalue weighted by Crippen LogP contribution is 2.38. The third kappa shape index (κ3) is 7.11. The second-order valence-electron chi connectivity index (χ2n) is 11.8. The Morgan fingerprint density at radius 1 is 1.00 bits per heavy atom. The zero-order valence-corrected chi connectivity index (χ0v) is 24.9. The van der Waals surface area contributed by atoms with Crippen molar-refractivity contribution in [2.75, 3.05) is 23.7 Å². The Morgan fingerprint density at radius 2 is 1.81 bits per heavy atom. The van der Waals surface area contributed by atoms with Gasteiger partial charge in [-0.05, 0) is 69.9 Å². The van der Waals surface area contributed by atoms with Gasteiger partial charge in [-0.1, -0.05) is 31.2 Å². The number of carbonyl (C=O) groups is 2. The lowest BCUT2D eigenvalue weighted by atomic mass is 9.96. The van der Waals surface area contributed by atoms with Crippen LogP contribution >= 0.6 is 0 Å². The number of pyridine rings is 1. The number of amides is 2. The number of benzene rings is 2. The Hall–Kier alpha value is -4.93. The molecule has 43 heavy (non-hydrogen) atoms. The number of aromatic nitrogens is 3. The molecule has 11 heteroatoms. The maximum Gasteiger partial charge on any atom is 0.412 e. The fraction of sp³-hybridized carbons (Fsp3) is 0.344. The van der Waals surface area contributed by atoms with E-state index in [1.807, 2.05) is 77.1 Å². The predicted octanol–water partition coefficient (Wildman–Crippen LogP) is 6.94. The van der Waals surface area contributed by atoms with E-state index in [9.17, 15) is 14.7 Å². The van der Waals surface area contributed by atoms with E-state index >= 15 is 0 Å². The molecule has 0 spiro atoms. The smallest absolute Gasteiger partial charge is 0.412 e. The number of ether oxygens (including phenoxy) is 2. The summed E-state index contributed by atoms with van der Waals surface area (Å²) in [5, 5.41) is 17.2. The van der Waals surface area contributed by atoms with Crippen LogP contribution in [0.1, 0.15) is 39.7 Å². The second-order valence-corrected chi connectivity index (χ2v) is 11.8. The van der Waals surface area contributed by atoms with Crippen LogP contribution in [-0.4, -0.2) is 61.9 Å². The molecular weight excluding hydrogens is 548 g/mol. The number of nitrogens with one attached hydrogen (secondary N) is 2. The molecule has 0 radical (unpaired) electrons. The van der Waals surface area contributed by atoms with Gasteiger partial charge < -0.3 is 24.8 Å². The van der Waals surface area contributed by atoms with Gasteiger partial charge in [0, 0.05) is 42.3 Å². The van der Waals surface area contributed by atoms with Crippen LogP contribution in [0.15, 0.2) is 60.9 Å². The summed E-state index contributed by atoms with van der Waals surface area (Å²) in [6.07, 6.45) is 2.65. The molecule has 2 amide bonds. The molecule has 0 aliphatic carbocycles. The molecule has 1 saturated heterocycles. The van der Waals surface area contributed by atoms with Crippen molar-refractivity contribution >= 4 is 34.6 Å². The van der Waals surface area contributed by atoms with Gasteiger partial charge in [0.2, 0.25) is 11.8 Å². The van der Waals surface area contributed by atoms with E-state index in [1.54, 1.807) is 18.5 Å². The van der Waals surface area contributed by atoms with Crippen molar-refractivity contribution in [2.45, 2.75) is 52.7 Å². The van der Waals surface area contributed by atoms with E-state index in [0.717, 1.165) is 22.8 Å². The molecule has 2 unspecified atom stereocenters. The molecule has 2 aromatic heterocycles. The number of aryl methyl sites for hydroxylation is 1. The van der Waals surface area contributed by atoms with Crippen molar-refractivity contribution in [3.05, 3.63) is 66.5 Å². The third-order valence-corrected chi connectivity index (χ3v) is 7.01. The average molecular weight is 585 g/mol. The van der Waals surface area contributed by atoms with Crippen molar-refractivity contribution in [2.24, 2.45) is 5.92 Å². The maximum absolute atomic E-state index is 12.5. The predicted molar refractivity (Wildman–Crippen MR) is 165 cm³/mol. The lowest BCUT2D eigenvalue weighted by molar-refractivity contribution is 0.0636. The molecule has 3 heterocycles. The molecule has 1 aliphatic rings. The minimum Gasteiger partial charge on any atom is -0.465 e. The number of carboxylic acid groups (broad SMARTS) is 1. The second kappa shape index (κ2) is 12.1. The molecule has 2 aromatic carbocycles. The Bertz CT molecular complexity index is 1650. The van der Waals surface area contributed by atoms with E-state index in [4.69, 9.17) is 14.5 Å². The van der Waals surface area contributed by atoms with Gasteiger partial charge in [0.25, 0.3) is 0 Å². The molecule has 2 atom stereocenters. The highest BCUT2D eigenvalue weighted by molar-refractivity contribution is 6.03. The van der Waals surface area contributed by atoms with Crippen LogP contribution in [0.4, 0.5) is 21.2 Å². The molecule has 4 aromatic rings. The van der Waals surface area contributed by atoms with Crippen molar-refractivity contribution in [1.82, 2.24) is 19.9 Å². The lowest BCUT2D eigenvalue weighted by Gasteiger charge is -2.35. The molecular formula is C32H36N6O5. The molecule has 1 fully saturated rings. The van der Waals surface area contributed by atoms with Gasteiger partial charge in [0.15, 0.2) is 0 Å². The average Bonchev–Trinajstić information content (AvgIpc) is 2.94. The summed E-state index contributed by atoms with van der Waals surface area (Å²) in [7, 11) is 0. The summed E-state index contributed by atoms with van der Waals surface area (Å²) in [6.45, 7) is 10.3. The minimum absolute atomic E-state index is 0.110. The first-order valence-electron chi connectivity index (χ1n) is 14.2. The fourth-order valence-corrected chi connectivity index (χ4v) is 5.23. The number of likely N-dealkylation sites (tertiary alicyclic amines) is 1. The van der Waals surface area contributed by atoms with E-state index < -0.39 is 17.8 Å². The highest BCUT2D eigenvalue weighted by atomic mass is 16.6. The van der Waals surface area contributed by atoms with Crippen LogP contribution in [0.3, 0.4) is 0 Å². The number of rotatable bonds is 6. The number of nitrogens with zero attached hydrogens (tertiary/aromatic N) is 4. The van der Waals surface area contributed by atoms with Gasteiger partial charge >= 0.3 is 12.2 Å². The van der Waals surface area contributed by atoms with E-state index in [1.165, 1.54) is 4.90 Å². The summed E-state index contributed by atoms with van der Waals surface area (Å²) in [5.74, 6) is 1.57. The Morgan fingerprint density at radius 3 is 2.58 bits per heavy atom. The Balaban J connectivity index is 1.43. The van der Waals surface area contributed by atoms with Gasteiger partial charge in [-0.2, -0.15) is 0 Å². The van der Waals surface area contributed by atoms with Crippen LogP contribution in [-0.2, 0) is 4.74 Å². The normalized spacial score (nSPS) is 16.9. The highest BCUT2D eigenvalue weighted by Gasteiger charge is 2.28. The monoisotopic (exact) mass is 584 g/mol. The summed E-state index contributed by atoms with van der Waals surface area (Å²) >= 11 is 0. The van der Waals surface area contributed by atoms with Crippen molar-refractivity contribution < 1.29 is 24.2 Å². The molecule has 224 valence electrons. The van der Waals surface area contributed by atoms with E-state index in [2.05, 4.69) is 20.6 Å². The number of hydrogen-bond acceptors (Lipinski definition) is 8. The van der Waals surface area contributed by atoms with E-state index in [-0.39, 0.29) is 12.0 Å². The zero-order chi connectivity index (χ0) is 30.7. The molecule has 1 aliphatic heterocycles. The topological polar surface area (TPSA) is 139 Å². The van der Waals surface area contributed by atoms with E-state index in [0.29, 0.717) is 47.6 Å². The van der Waals surface area contributed by atoms with Gasteiger partial charge in [0.05, 0.1) is 16.9 Å². The first kappa shape index (κ1) is 29.6. The van der Waals surface area contributed by atoms with Gasteiger partial charge in [-0.3, -0.25) is 5.32 Å². The quantitative estimate of drug-likeness (QED) is 0.220. The largest absolute Gasteiger partial charge is 0.465 e. The van der Waals surface area contributed by atoms with Crippen molar-refractivity contribution in [3.8, 4) is 22.9 Å². The summed E-state index contributed by atoms with van der Waals surface area (Å²) in [5.41, 5.74) is 2.13. The zero-order valence-electron chi connectivity index (χ0n) is 24.9. The first-order valence-corrected chi connectivity index (χ1v) is 14.2.